The molecule has 0 radical (unpaired) electrons. The molecule has 0 saturated heterocycles. The first-order valence-corrected chi connectivity index (χ1v) is 6.45. The Kier molecular flexibility index (Phi) is 4.93. The van der Waals surface area contributed by atoms with Crippen molar-refractivity contribution >= 4 is 27.6 Å². The Hall–Kier alpha value is -0.720. The number of benzene rings is 1. The highest BCUT2D eigenvalue weighted by Gasteiger charge is 2.11. The van der Waals surface area contributed by atoms with Crippen LogP contribution in [-0.2, 0) is 4.79 Å². The summed E-state index contributed by atoms with van der Waals surface area (Å²) in [5.74, 6) is -1.11. The van der Waals surface area contributed by atoms with E-state index in [0.29, 0.717) is 4.90 Å². The van der Waals surface area contributed by atoms with Crippen LogP contribution in [0.2, 0.25) is 0 Å². The highest BCUT2D eigenvalue weighted by molar-refractivity contribution is 8.76. The molecule has 1 aromatic carbocycles. The normalized spacial score (nSPS) is 12.4. The molecule has 0 heterocycles. The summed E-state index contributed by atoms with van der Waals surface area (Å²) in [5.41, 5.74) is 5.29. The molecule has 1 aromatic rings. The van der Waals surface area contributed by atoms with Crippen molar-refractivity contribution in [3.05, 3.63) is 30.1 Å². The molecule has 0 bridgehead atoms. The van der Waals surface area contributed by atoms with Gasteiger partial charge in [0.25, 0.3) is 0 Å². The summed E-state index contributed by atoms with van der Waals surface area (Å²) in [6.07, 6.45) is 0. The second kappa shape index (κ2) is 5.99. The summed E-state index contributed by atoms with van der Waals surface area (Å²) in [7, 11) is 2.42. The van der Waals surface area contributed by atoms with Gasteiger partial charge in [0.15, 0.2) is 0 Å². The molecule has 0 amide bonds. The minimum Gasteiger partial charge on any atom is -0.480 e. The van der Waals surface area contributed by atoms with Crippen LogP contribution in [0.25, 0.3) is 0 Å². The van der Waals surface area contributed by atoms with Gasteiger partial charge in [0, 0.05) is 5.75 Å². The van der Waals surface area contributed by atoms with Crippen molar-refractivity contribution in [2.24, 2.45) is 5.73 Å². The molecule has 15 heavy (non-hydrogen) atoms. The zero-order valence-corrected chi connectivity index (χ0v) is 9.35. The lowest BCUT2D eigenvalue weighted by atomic mass is 10.4. The fourth-order valence-electron chi connectivity index (χ4n) is 0.754. The molecular formula is C9H10FNO2S2. The number of nitrogens with two attached hydrogens (primary N) is 1. The Balaban J connectivity index is 2.38. The number of carboxylic acids is 1. The second-order valence-electron chi connectivity index (χ2n) is 2.74. The van der Waals surface area contributed by atoms with Gasteiger partial charge >= 0.3 is 5.97 Å². The Morgan fingerprint density at radius 2 is 2.20 bits per heavy atom. The minimum absolute atomic E-state index is 0.244. The van der Waals surface area contributed by atoms with E-state index < -0.39 is 12.0 Å². The number of hydrogen-bond donors (Lipinski definition) is 2. The van der Waals surface area contributed by atoms with Crippen LogP contribution < -0.4 is 5.73 Å². The standard InChI is InChI=1S/C9H10FNO2S2/c10-6-3-1-2-4-8(6)15-14-5-7(11)9(12)13/h1-4,7H,5,11H2,(H,12,13). The molecule has 3 nitrogen and oxygen atoms in total. The van der Waals surface area contributed by atoms with Gasteiger partial charge in [0.05, 0.1) is 4.90 Å². The molecule has 0 spiro atoms. The van der Waals surface area contributed by atoms with Crippen LogP contribution in [0.15, 0.2) is 29.2 Å². The minimum atomic E-state index is -1.04. The Morgan fingerprint density at radius 1 is 1.53 bits per heavy atom. The topological polar surface area (TPSA) is 63.3 Å². The van der Waals surface area contributed by atoms with Crippen molar-refractivity contribution in [1.29, 1.82) is 0 Å². The van der Waals surface area contributed by atoms with E-state index in [0.717, 1.165) is 0 Å². The average Bonchev–Trinajstić information content (AvgIpc) is 2.20. The lowest BCUT2D eigenvalue weighted by Gasteiger charge is -2.05. The van der Waals surface area contributed by atoms with Crippen molar-refractivity contribution in [3.63, 3.8) is 0 Å². The summed E-state index contributed by atoms with van der Waals surface area (Å²) in [6.45, 7) is 0. The van der Waals surface area contributed by atoms with Gasteiger partial charge in [-0.15, -0.1) is 0 Å². The first-order chi connectivity index (χ1) is 7.11. The van der Waals surface area contributed by atoms with E-state index in [9.17, 15) is 9.18 Å². The molecule has 0 fully saturated rings. The second-order valence-corrected chi connectivity index (χ2v) is 5.13. The van der Waals surface area contributed by atoms with Crippen LogP contribution in [0.3, 0.4) is 0 Å². The lowest BCUT2D eigenvalue weighted by Crippen LogP contribution is -2.32. The van der Waals surface area contributed by atoms with E-state index in [1.807, 2.05) is 0 Å². The van der Waals surface area contributed by atoms with Gasteiger partial charge in [-0.1, -0.05) is 33.7 Å². The number of rotatable bonds is 5. The zero-order valence-electron chi connectivity index (χ0n) is 7.72. The largest absolute Gasteiger partial charge is 0.480 e. The molecule has 6 heteroatoms. The Labute approximate surface area is 94.6 Å². The Morgan fingerprint density at radius 3 is 2.80 bits per heavy atom. The van der Waals surface area contributed by atoms with E-state index in [1.165, 1.54) is 27.7 Å². The fraction of sp³-hybridized carbons (Fsp3) is 0.222. The number of carbonyl (C=O) groups is 1. The van der Waals surface area contributed by atoms with Crippen molar-refractivity contribution in [1.82, 2.24) is 0 Å². The van der Waals surface area contributed by atoms with Crippen LogP contribution in [0.1, 0.15) is 0 Å². The summed E-state index contributed by atoms with van der Waals surface area (Å²) >= 11 is 0. The third-order valence-electron chi connectivity index (χ3n) is 1.55. The quantitative estimate of drug-likeness (QED) is 0.779. The average molecular weight is 247 g/mol. The highest BCUT2D eigenvalue weighted by atomic mass is 33.1. The summed E-state index contributed by atoms with van der Waals surface area (Å²) in [5, 5.41) is 8.51. The first-order valence-electron chi connectivity index (χ1n) is 4.13. The molecular weight excluding hydrogens is 237 g/mol. The molecule has 82 valence electrons. The molecule has 0 aliphatic carbocycles. The maximum atomic E-state index is 13.1. The number of hydrogen-bond acceptors (Lipinski definition) is 4. The van der Waals surface area contributed by atoms with Gasteiger partial charge in [-0.3, -0.25) is 4.79 Å². The number of halogens is 1. The highest BCUT2D eigenvalue weighted by Crippen LogP contribution is 2.32. The Bertz CT molecular complexity index is 349. The van der Waals surface area contributed by atoms with Crippen molar-refractivity contribution in [2.45, 2.75) is 10.9 Å². The predicted molar refractivity (Wildman–Crippen MR) is 60.3 cm³/mol. The number of carboxylic acid groups (broad SMARTS) is 1. The van der Waals surface area contributed by atoms with E-state index >= 15 is 0 Å². The van der Waals surface area contributed by atoms with Crippen LogP contribution in [0.4, 0.5) is 4.39 Å². The third-order valence-corrected chi connectivity index (χ3v) is 3.97. The lowest BCUT2D eigenvalue weighted by molar-refractivity contribution is -0.137. The summed E-state index contributed by atoms with van der Waals surface area (Å²) < 4.78 is 13.1. The molecule has 1 rings (SSSR count). The molecule has 1 unspecified atom stereocenters. The monoisotopic (exact) mass is 247 g/mol. The third kappa shape index (κ3) is 4.11. The van der Waals surface area contributed by atoms with Gasteiger partial charge < -0.3 is 10.8 Å². The van der Waals surface area contributed by atoms with E-state index in [4.69, 9.17) is 10.8 Å². The SMILES string of the molecule is NC(CSSc1ccccc1F)C(=O)O. The van der Waals surface area contributed by atoms with Crippen LogP contribution >= 0.6 is 21.6 Å². The maximum absolute atomic E-state index is 13.1. The zero-order chi connectivity index (χ0) is 11.3. The first kappa shape index (κ1) is 12.4. The molecule has 0 saturated carbocycles. The summed E-state index contributed by atoms with van der Waals surface area (Å²) in [4.78, 5) is 10.9. The van der Waals surface area contributed by atoms with Crippen LogP contribution in [0, 0.1) is 5.82 Å². The maximum Gasteiger partial charge on any atom is 0.321 e. The molecule has 0 aromatic heterocycles. The van der Waals surface area contributed by atoms with Gasteiger partial charge in [-0.05, 0) is 12.1 Å². The predicted octanol–water partition coefficient (Wildman–Crippen LogP) is 1.98. The van der Waals surface area contributed by atoms with Gasteiger partial charge in [0.1, 0.15) is 11.9 Å². The van der Waals surface area contributed by atoms with E-state index in [1.54, 1.807) is 18.2 Å². The molecule has 3 N–H and O–H groups in total. The van der Waals surface area contributed by atoms with Crippen LogP contribution in [0.5, 0.6) is 0 Å². The van der Waals surface area contributed by atoms with Gasteiger partial charge in [0.2, 0.25) is 0 Å². The molecule has 1 atom stereocenters. The summed E-state index contributed by atoms with van der Waals surface area (Å²) in [6, 6.07) is 5.42. The van der Waals surface area contributed by atoms with E-state index in [2.05, 4.69) is 0 Å². The van der Waals surface area contributed by atoms with Gasteiger partial charge in [-0.2, -0.15) is 0 Å². The molecule has 0 aliphatic rings. The number of aliphatic carboxylic acids is 1. The van der Waals surface area contributed by atoms with Gasteiger partial charge in [-0.25, -0.2) is 4.39 Å². The smallest absolute Gasteiger partial charge is 0.321 e. The van der Waals surface area contributed by atoms with Crippen molar-refractivity contribution < 1.29 is 14.3 Å². The van der Waals surface area contributed by atoms with Crippen LogP contribution in [-0.4, -0.2) is 22.9 Å². The van der Waals surface area contributed by atoms with Crippen molar-refractivity contribution in [2.75, 3.05) is 5.75 Å². The van der Waals surface area contributed by atoms with Crippen molar-refractivity contribution in [3.8, 4) is 0 Å². The van der Waals surface area contributed by atoms with E-state index in [-0.39, 0.29) is 11.6 Å². The fourth-order valence-corrected chi connectivity index (χ4v) is 2.95. The molecule has 0 aliphatic heterocycles.